The Bertz CT molecular complexity index is 375. The summed E-state index contributed by atoms with van der Waals surface area (Å²) >= 11 is 3.72. The first kappa shape index (κ1) is 17.7. The van der Waals surface area contributed by atoms with Crippen LogP contribution in [-0.2, 0) is 0 Å². The largest absolute Gasteiger partial charge is 0.316 e. The van der Waals surface area contributed by atoms with Gasteiger partial charge in [-0.05, 0) is 42.3 Å². The maximum atomic E-state index is 3.72. The molecular weight excluding hydrogens is 310 g/mol. The van der Waals surface area contributed by atoms with Crippen LogP contribution >= 0.6 is 15.9 Å². The van der Waals surface area contributed by atoms with Crippen molar-refractivity contribution in [1.82, 2.24) is 5.32 Å². The second-order valence-corrected chi connectivity index (χ2v) is 7.25. The van der Waals surface area contributed by atoms with Crippen molar-refractivity contribution in [3.8, 4) is 0 Å². The van der Waals surface area contributed by atoms with Gasteiger partial charge in [0, 0.05) is 11.0 Å². The van der Waals surface area contributed by atoms with Crippen LogP contribution in [0.25, 0.3) is 0 Å². The number of halogens is 1. The Kier molecular flexibility index (Phi) is 8.47. The van der Waals surface area contributed by atoms with Gasteiger partial charge in [-0.15, -0.1) is 0 Å². The van der Waals surface area contributed by atoms with Gasteiger partial charge in [0.25, 0.3) is 0 Å². The predicted molar refractivity (Wildman–Crippen MR) is 93.3 cm³/mol. The molecule has 0 saturated heterocycles. The second kappa shape index (κ2) is 9.57. The van der Waals surface area contributed by atoms with E-state index in [1.807, 2.05) is 0 Å². The molecule has 0 fully saturated rings. The molecule has 0 bridgehead atoms. The molecular formula is C18H30BrN. The molecule has 0 saturated carbocycles. The van der Waals surface area contributed by atoms with Gasteiger partial charge in [0.15, 0.2) is 0 Å². The predicted octanol–water partition coefficient (Wildman–Crippen LogP) is 5.60. The summed E-state index contributed by atoms with van der Waals surface area (Å²) in [4.78, 5) is 0. The number of nitrogens with one attached hydrogen (secondary N) is 1. The van der Waals surface area contributed by atoms with Crippen LogP contribution in [0.15, 0.2) is 28.7 Å². The van der Waals surface area contributed by atoms with Gasteiger partial charge in [0.2, 0.25) is 0 Å². The summed E-state index contributed by atoms with van der Waals surface area (Å²) in [6.45, 7) is 11.4. The van der Waals surface area contributed by atoms with E-state index in [0.717, 1.165) is 19.0 Å². The number of hydrogen-bond donors (Lipinski definition) is 1. The average Bonchev–Trinajstić information content (AvgIpc) is 2.38. The number of benzene rings is 1. The fourth-order valence-corrected chi connectivity index (χ4v) is 3.38. The molecule has 0 amide bonds. The highest BCUT2D eigenvalue weighted by molar-refractivity contribution is 9.10. The lowest BCUT2D eigenvalue weighted by atomic mass is 9.87. The highest BCUT2D eigenvalue weighted by Crippen LogP contribution is 2.30. The summed E-state index contributed by atoms with van der Waals surface area (Å²) in [7, 11) is 0. The first-order valence-electron chi connectivity index (χ1n) is 7.99. The molecule has 20 heavy (non-hydrogen) atoms. The standard InChI is InChI=1S/C18H30BrN/c1-5-8-15(4)11-16(13-20-12-14(2)3)17-9-6-7-10-18(17)19/h6-7,9-10,14-16,20H,5,8,11-13H2,1-4H3. The first-order chi connectivity index (χ1) is 9.54. The van der Waals surface area contributed by atoms with Crippen molar-refractivity contribution in [2.24, 2.45) is 11.8 Å². The minimum absolute atomic E-state index is 0.603. The van der Waals surface area contributed by atoms with E-state index in [2.05, 4.69) is 73.2 Å². The lowest BCUT2D eigenvalue weighted by Gasteiger charge is -2.23. The van der Waals surface area contributed by atoms with Crippen molar-refractivity contribution < 1.29 is 0 Å². The summed E-state index contributed by atoms with van der Waals surface area (Å²) < 4.78 is 1.25. The first-order valence-corrected chi connectivity index (χ1v) is 8.79. The summed E-state index contributed by atoms with van der Waals surface area (Å²) in [5.41, 5.74) is 1.45. The number of rotatable bonds is 9. The molecule has 2 unspecified atom stereocenters. The van der Waals surface area contributed by atoms with Crippen molar-refractivity contribution in [3.05, 3.63) is 34.3 Å². The van der Waals surface area contributed by atoms with E-state index in [-0.39, 0.29) is 0 Å². The molecule has 1 aromatic carbocycles. The third kappa shape index (κ3) is 6.41. The summed E-state index contributed by atoms with van der Waals surface area (Å²) in [6.07, 6.45) is 3.87. The zero-order valence-electron chi connectivity index (χ0n) is 13.5. The van der Waals surface area contributed by atoms with Gasteiger partial charge in [-0.25, -0.2) is 0 Å². The van der Waals surface area contributed by atoms with E-state index in [1.165, 1.54) is 29.3 Å². The minimum atomic E-state index is 0.603. The molecule has 1 rings (SSSR count). The van der Waals surface area contributed by atoms with Crippen LogP contribution in [-0.4, -0.2) is 13.1 Å². The van der Waals surface area contributed by atoms with E-state index in [1.54, 1.807) is 0 Å². The zero-order chi connectivity index (χ0) is 15.0. The molecule has 0 heterocycles. The van der Waals surface area contributed by atoms with Gasteiger partial charge in [0.05, 0.1) is 0 Å². The molecule has 114 valence electrons. The topological polar surface area (TPSA) is 12.0 Å². The molecule has 2 atom stereocenters. The Balaban J connectivity index is 2.70. The van der Waals surface area contributed by atoms with Crippen LogP contribution in [0.4, 0.5) is 0 Å². The maximum absolute atomic E-state index is 3.72. The van der Waals surface area contributed by atoms with Crippen molar-refractivity contribution in [2.45, 2.75) is 52.9 Å². The molecule has 1 nitrogen and oxygen atoms in total. The maximum Gasteiger partial charge on any atom is 0.0210 e. The highest BCUT2D eigenvalue weighted by atomic mass is 79.9. The molecule has 1 N–H and O–H groups in total. The molecule has 0 aliphatic heterocycles. The molecule has 0 aliphatic carbocycles. The van der Waals surface area contributed by atoms with Crippen LogP contribution < -0.4 is 5.32 Å². The van der Waals surface area contributed by atoms with Crippen molar-refractivity contribution in [3.63, 3.8) is 0 Å². The monoisotopic (exact) mass is 339 g/mol. The van der Waals surface area contributed by atoms with Gasteiger partial charge in [-0.3, -0.25) is 0 Å². The van der Waals surface area contributed by atoms with Crippen LogP contribution in [0, 0.1) is 11.8 Å². The Morgan fingerprint density at radius 1 is 1.10 bits per heavy atom. The Labute approximate surface area is 133 Å². The van der Waals surface area contributed by atoms with Gasteiger partial charge in [0.1, 0.15) is 0 Å². The smallest absolute Gasteiger partial charge is 0.0210 e. The second-order valence-electron chi connectivity index (χ2n) is 6.40. The molecule has 0 radical (unpaired) electrons. The fraction of sp³-hybridized carbons (Fsp3) is 0.667. The van der Waals surface area contributed by atoms with Crippen molar-refractivity contribution in [2.75, 3.05) is 13.1 Å². The molecule has 1 aromatic rings. The van der Waals surface area contributed by atoms with E-state index in [9.17, 15) is 0 Å². The highest BCUT2D eigenvalue weighted by Gasteiger charge is 2.17. The van der Waals surface area contributed by atoms with Gasteiger partial charge in [-0.1, -0.05) is 74.7 Å². The number of hydrogen-bond acceptors (Lipinski definition) is 1. The lowest BCUT2D eigenvalue weighted by Crippen LogP contribution is -2.26. The summed E-state index contributed by atoms with van der Waals surface area (Å²) in [5, 5.41) is 3.64. The van der Waals surface area contributed by atoms with E-state index < -0.39 is 0 Å². The van der Waals surface area contributed by atoms with E-state index in [0.29, 0.717) is 11.8 Å². The zero-order valence-corrected chi connectivity index (χ0v) is 15.0. The quantitative estimate of drug-likeness (QED) is 0.616. The SMILES string of the molecule is CCCC(C)CC(CNCC(C)C)c1ccccc1Br. The Morgan fingerprint density at radius 2 is 1.80 bits per heavy atom. The lowest BCUT2D eigenvalue weighted by molar-refractivity contribution is 0.411. The van der Waals surface area contributed by atoms with Crippen molar-refractivity contribution in [1.29, 1.82) is 0 Å². The molecule has 0 aromatic heterocycles. The summed E-state index contributed by atoms with van der Waals surface area (Å²) in [5.74, 6) is 2.10. The molecule has 0 aliphatic rings. The summed E-state index contributed by atoms with van der Waals surface area (Å²) in [6, 6.07) is 8.68. The van der Waals surface area contributed by atoms with Gasteiger partial charge >= 0.3 is 0 Å². The Morgan fingerprint density at radius 3 is 2.40 bits per heavy atom. The Hall–Kier alpha value is -0.340. The molecule has 2 heteroatoms. The van der Waals surface area contributed by atoms with E-state index >= 15 is 0 Å². The van der Waals surface area contributed by atoms with Crippen molar-refractivity contribution >= 4 is 15.9 Å². The van der Waals surface area contributed by atoms with Gasteiger partial charge in [-0.2, -0.15) is 0 Å². The average molecular weight is 340 g/mol. The van der Waals surface area contributed by atoms with Crippen LogP contribution in [0.3, 0.4) is 0 Å². The van der Waals surface area contributed by atoms with Crippen LogP contribution in [0.1, 0.15) is 58.4 Å². The van der Waals surface area contributed by atoms with Crippen LogP contribution in [0.2, 0.25) is 0 Å². The normalized spacial score (nSPS) is 14.5. The third-order valence-corrected chi connectivity index (χ3v) is 4.48. The van der Waals surface area contributed by atoms with Gasteiger partial charge < -0.3 is 5.32 Å². The molecule has 0 spiro atoms. The minimum Gasteiger partial charge on any atom is -0.316 e. The fourth-order valence-electron chi connectivity index (χ4n) is 2.77. The van der Waals surface area contributed by atoms with E-state index in [4.69, 9.17) is 0 Å². The third-order valence-electron chi connectivity index (χ3n) is 3.76. The van der Waals surface area contributed by atoms with Crippen LogP contribution in [0.5, 0.6) is 0 Å².